The number of aryl methyl sites for hydroxylation is 2. The number of nitrogens with one attached hydrogen (secondary N) is 2. The molecule has 0 spiro atoms. The maximum Gasteiger partial charge on any atom is 0.170 e. The Kier molecular flexibility index (Phi) is 6.69. The maximum absolute atomic E-state index is 6.32. The van der Waals surface area contributed by atoms with Crippen LogP contribution in [-0.4, -0.2) is 35.2 Å². The SMILES string of the molecule is Cc1cc(C)c(NC(=S)NCC(C)N2CCCCC2C)c(Cl)c1. The molecule has 0 radical (unpaired) electrons. The van der Waals surface area contributed by atoms with Crippen molar-refractivity contribution >= 4 is 34.6 Å². The van der Waals surface area contributed by atoms with Crippen LogP contribution in [0.2, 0.25) is 5.02 Å². The first-order valence-corrected chi connectivity index (χ1v) is 9.24. The van der Waals surface area contributed by atoms with Crippen LogP contribution in [0.25, 0.3) is 0 Å². The standard InChI is InChI=1S/C18H28ClN3S/c1-12-9-13(2)17(16(19)10-12)21-18(23)20-11-15(4)22-8-6-5-7-14(22)3/h9-10,14-15H,5-8,11H2,1-4H3,(H2,20,21,23). The topological polar surface area (TPSA) is 27.3 Å². The van der Waals surface area contributed by atoms with E-state index in [2.05, 4.69) is 35.4 Å². The number of benzene rings is 1. The van der Waals surface area contributed by atoms with Crippen molar-refractivity contribution in [3.8, 4) is 0 Å². The van der Waals surface area contributed by atoms with Gasteiger partial charge in [0, 0.05) is 18.6 Å². The minimum atomic E-state index is 0.472. The molecule has 1 aromatic rings. The molecule has 1 aliphatic rings. The fourth-order valence-corrected chi connectivity index (χ4v) is 3.92. The van der Waals surface area contributed by atoms with E-state index in [0.29, 0.717) is 22.2 Å². The molecule has 1 fully saturated rings. The summed E-state index contributed by atoms with van der Waals surface area (Å²) in [6.07, 6.45) is 3.95. The lowest BCUT2D eigenvalue weighted by atomic mass is 10.0. The molecule has 0 aliphatic carbocycles. The molecule has 0 amide bonds. The van der Waals surface area contributed by atoms with Crippen LogP contribution in [0.3, 0.4) is 0 Å². The van der Waals surface area contributed by atoms with Gasteiger partial charge in [-0.3, -0.25) is 4.90 Å². The third-order valence-corrected chi connectivity index (χ3v) is 5.19. The first-order valence-electron chi connectivity index (χ1n) is 8.46. The minimum Gasteiger partial charge on any atom is -0.361 e. The minimum absolute atomic E-state index is 0.472. The molecule has 1 heterocycles. The second kappa shape index (κ2) is 8.32. The van der Waals surface area contributed by atoms with Gasteiger partial charge < -0.3 is 10.6 Å². The van der Waals surface area contributed by atoms with Crippen molar-refractivity contribution in [1.82, 2.24) is 10.2 Å². The van der Waals surface area contributed by atoms with Crippen LogP contribution in [0.1, 0.15) is 44.2 Å². The van der Waals surface area contributed by atoms with E-state index < -0.39 is 0 Å². The quantitative estimate of drug-likeness (QED) is 0.779. The molecule has 2 atom stereocenters. The van der Waals surface area contributed by atoms with Gasteiger partial charge in [-0.25, -0.2) is 0 Å². The lowest BCUT2D eigenvalue weighted by Gasteiger charge is -2.38. The Bertz CT molecular complexity index is 538. The number of hydrogen-bond acceptors (Lipinski definition) is 2. The predicted molar refractivity (Wildman–Crippen MR) is 105 cm³/mol. The van der Waals surface area contributed by atoms with Gasteiger partial charge in [-0.15, -0.1) is 0 Å². The third-order valence-electron chi connectivity index (χ3n) is 4.65. The largest absolute Gasteiger partial charge is 0.361 e. The Morgan fingerprint density at radius 2 is 2.13 bits per heavy atom. The van der Waals surface area contributed by atoms with Crippen LogP contribution in [0.15, 0.2) is 12.1 Å². The van der Waals surface area contributed by atoms with Crippen molar-refractivity contribution < 1.29 is 0 Å². The third kappa shape index (κ3) is 5.07. The summed E-state index contributed by atoms with van der Waals surface area (Å²) in [6.45, 7) is 10.7. The highest BCUT2D eigenvalue weighted by Gasteiger charge is 2.23. The van der Waals surface area contributed by atoms with E-state index in [1.54, 1.807) is 0 Å². The average molecular weight is 354 g/mol. The summed E-state index contributed by atoms with van der Waals surface area (Å²) in [5.74, 6) is 0. The molecular weight excluding hydrogens is 326 g/mol. The van der Waals surface area contributed by atoms with Gasteiger partial charge in [-0.1, -0.05) is 24.1 Å². The Labute approximate surface area is 150 Å². The Hall–Kier alpha value is -0.840. The van der Waals surface area contributed by atoms with Crippen LogP contribution in [0, 0.1) is 13.8 Å². The molecule has 1 aliphatic heterocycles. The van der Waals surface area contributed by atoms with Gasteiger partial charge in [0.1, 0.15) is 0 Å². The monoisotopic (exact) mass is 353 g/mol. The van der Waals surface area contributed by atoms with E-state index in [1.165, 1.54) is 25.8 Å². The van der Waals surface area contributed by atoms with E-state index in [1.807, 2.05) is 19.9 Å². The lowest BCUT2D eigenvalue weighted by Crippen LogP contribution is -2.49. The molecule has 23 heavy (non-hydrogen) atoms. The Morgan fingerprint density at radius 3 is 2.78 bits per heavy atom. The highest BCUT2D eigenvalue weighted by molar-refractivity contribution is 7.80. The number of anilines is 1. The van der Waals surface area contributed by atoms with E-state index in [-0.39, 0.29) is 0 Å². The number of piperidine rings is 1. The van der Waals surface area contributed by atoms with Crippen molar-refractivity contribution in [2.24, 2.45) is 0 Å². The first-order chi connectivity index (χ1) is 10.9. The summed E-state index contributed by atoms with van der Waals surface area (Å²) in [7, 11) is 0. The summed E-state index contributed by atoms with van der Waals surface area (Å²) in [4.78, 5) is 2.57. The van der Waals surface area contributed by atoms with Gasteiger partial charge in [0.15, 0.2) is 5.11 Å². The number of halogens is 1. The summed E-state index contributed by atoms with van der Waals surface area (Å²) < 4.78 is 0. The Morgan fingerprint density at radius 1 is 1.39 bits per heavy atom. The molecule has 128 valence electrons. The van der Waals surface area contributed by atoms with Gasteiger partial charge in [0.25, 0.3) is 0 Å². The molecule has 1 saturated heterocycles. The smallest absolute Gasteiger partial charge is 0.170 e. The highest BCUT2D eigenvalue weighted by atomic mass is 35.5. The normalized spacial score (nSPS) is 20.1. The second-order valence-electron chi connectivity index (χ2n) is 6.71. The summed E-state index contributed by atoms with van der Waals surface area (Å²) in [5.41, 5.74) is 3.16. The summed E-state index contributed by atoms with van der Waals surface area (Å²) in [6, 6.07) is 5.20. The first kappa shape index (κ1) is 18.5. The molecule has 5 heteroatoms. The van der Waals surface area contributed by atoms with Crippen molar-refractivity contribution in [2.45, 2.75) is 59.0 Å². The zero-order chi connectivity index (χ0) is 17.0. The van der Waals surface area contributed by atoms with E-state index in [4.69, 9.17) is 23.8 Å². The molecule has 0 saturated carbocycles. The molecule has 0 bridgehead atoms. The highest BCUT2D eigenvalue weighted by Crippen LogP contribution is 2.27. The zero-order valence-corrected chi connectivity index (χ0v) is 16.2. The fourth-order valence-electron chi connectivity index (χ4n) is 3.36. The van der Waals surface area contributed by atoms with Gasteiger partial charge >= 0.3 is 0 Å². The molecule has 2 rings (SSSR count). The number of nitrogens with zero attached hydrogens (tertiary/aromatic N) is 1. The van der Waals surface area contributed by atoms with Crippen LogP contribution >= 0.6 is 23.8 Å². The number of hydrogen-bond donors (Lipinski definition) is 2. The van der Waals surface area contributed by atoms with Crippen molar-refractivity contribution in [3.63, 3.8) is 0 Å². The van der Waals surface area contributed by atoms with Gasteiger partial charge in [-0.2, -0.15) is 0 Å². The van der Waals surface area contributed by atoms with Crippen LogP contribution < -0.4 is 10.6 Å². The molecule has 0 aromatic heterocycles. The van der Waals surface area contributed by atoms with Gasteiger partial charge in [0.05, 0.1) is 10.7 Å². The average Bonchev–Trinajstić information content (AvgIpc) is 2.49. The molecular formula is C18H28ClN3S. The van der Waals surface area contributed by atoms with Crippen LogP contribution in [0.5, 0.6) is 0 Å². The summed E-state index contributed by atoms with van der Waals surface area (Å²) in [5, 5.41) is 7.93. The van der Waals surface area contributed by atoms with E-state index in [0.717, 1.165) is 23.4 Å². The van der Waals surface area contributed by atoms with Gasteiger partial charge in [0.2, 0.25) is 0 Å². The van der Waals surface area contributed by atoms with Gasteiger partial charge in [-0.05, 0) is 76.5 Å². The molecule has 2 unspecified atom stereocenters. The summed E-state index contributed by atoms with van der Waals surface area (Å²) >= 11 is 11.8. The zero-order valence-electron chi connectivity index (χ0n) is 14.6. The number of rotatable bonds is 4. The van der Waals surface area contributed by atoms with Crippen molar-refractivity contribution in [2.75, 3.05) is 18.4 Å². The van der Waals surface area contributed by atoms with Crippen molar-refractivity contribution in [3.05, 3.63) is 28.3 Å². The lowest BCUT2D eigenvalue weighted by molar-refractivity contribution is 0.116. The fraction of sp³-hybridized carbons (Fsp3) is 0.611. The maximum atomic E-state index is 6.32. The van der Waals surface area contributed by atoms with Crippen LogP contribution in [-0.2, 0) is 0 Å². The van der Waals surface area contributed by atoms with E-state index >= 15 is 0 Å². The van der Waals surface area contributed by atoms with Crippen LogP contribution in [0.4, 0.5) is 5.69 Å². The van der Waals surface area contributed by atoms with Crippen molar-refractivity contribution in [1.29, 1.82) is 0 Å². The number of thiocarbonyl (C=S) groups is 1. The second-order valence-corrected chi connectivity index (χ2v) is 7.52. The molecule has 1 aromatic carbocycles. The molecule has 3 nitrogen and oxygen atoms in total. The molecule has 2 N–H and O–H groups in total. The number of likely N-dealkylation sites (tertiary alicyclic amines) is 1. The predicted octanol–water partition coefficient (Wildman–Crippen LogP) is 4.51. The Balaban J connectivity index is 1.88. The van der Waals surface area contributed by atoms with E-state index in [9.17, 15) is 0 Å².